The maximum Gasteiger partial charge on any atom is 0.410 e. The van der Waals surface area contributed by atoms with Crippen molar-refractivity contribution < 1.29 is 28.2 Å². The molecule has 0 saturated carbocycles. The van der Waals surface area contributed by atoms with Gasteiger partial charge in [-0.3, -0.25) is 9.52 Å². The summed E-state index contributed by atoms with van der Waals surface area (Å²) in [6, 6.07) is 7.51. The van der Waals surface area contributed by atoms with Gasteiger partial charge in [-0.1, -0.05) is 26.8 Å². The molecule has 2 aromatic heterocycles. The third-order valence-electron chi connectivity index (χ3n) is 7.08. The molecule has 12 heteroatoms. The number of likely N-dealkylation sites (tertiary alicyclic amines) is 1. The monoisotopic (exact) mass is 617 g/mol. The van der Waals surface area contributed by atoms with Crippen molar-refractivity contribution in [2.75, 3.05) is 19.0 Å². The van der Waals surface area contributed by atoms with Crippen LogP contribution < -0.4 is 10.0 Å². The van der Waals surface area contributed by atoms with Crippen molar-refractivity contribution in [2.45, 2.75) is 102 Å². The number of hydrogen-bond donors (Lipinski definition) is 2. The number of hydrogen-bond acceptors (Lipinski definition) is 9. The molecule has 1 aliphatic rings. The number of nitrogens with one attached hydrogen (secondary N) is 2. The Labute approximate surface area is 258 Å². The number of carbonyl (C=O) groups excluding carboxylic acids is 3. The topological polar surface area (TPSA) is 123 Å². The minimum Gasteiger partial charge on any atom is -0.467 e. The number of aromatic nitrogens is 2. The average molecular weight is 618 g/mol. The van der Waals surface area contributed by atoms with Crippen LogP contribution in [-0.2, 0) is 19.7 Å². The normalized spacial score (nSPS) is 17.3. The molecule has 3 rings (SSSR count). The van der Waals surface area contributed by atoms with Crippen LogP contribution in [0, 0.1) is 11.9 Å². The Morgan fingerprint density at radius 1 is 1.12 bits per heavy atom. The van der Waals surface area contributed by atoms with Gasteiger partial charge < -0.3 is 19.7 Å². The second kappa shape index (κ2) is 13.5. The van der Waals surface area contributed by atoms with Crippen molar-refractivity contribution in [2.24, 2.45) is 5.92 Å². The number of anilines is 1. The molecule has 2 unspecified atom stereocenters. The predicted molar refractivity (Wildman–Crippen MR) is 164 cm³/mol. The summed E-state index contributed by atoms with van der Waals surface area (Å²) >= 11 is 0.927. The van der Waals surface area contributed by atoms with Crippen LogP contribution in [0.3, 0.4) is 0 Å². The molecule has 0 aliphatic carbocycles. The summed E-state index contributed by atoms with van der Waals surface area (Å²) < 4.78 is 27.8. The lowest BCUT2D eigenvalue weighted by Gasteiger charge is -2.33. The molecular formula is C31H44FN5O5S. The molecule has 0 aromatic carbocycles. The molecule has 2 atom stereocenters. The van der Waals surface area contributed by atoms with Crippen LogP contribution in [-0.4, -0.2) is 63.7 Å². The molecule has 3 heterocycles. The van der Waals surface area contributed by atoms with E-state index in [0.717, 1.165) is 18.4 Å². The third-order valence-corrected chi connectivity index (χ3v) is 7.80. The fourth-order valence-corrected chi connectivity index (χ4v) is 5.52. The predicted octanol–water partition coefficient (Wildman–Crippen LogP) is 6.12. The lowest BCUT2D eigenvalue weighted by Crippen LogP contribution is -2.45. The van der Waals surface area contributed by atoms with E-state index in [4.69, 9.17) is 9.47 Å². The highest BCUT2D eigenvalue weighted by Crippen LogP contribution is 2.36. The van der Waals surface area contributed by atoms with E-state index in [0.29, 0.717) is 35.9 Å². The zero-order chi connectivity index (χ0) is 32.2. The first kappa shape index (κ1) is 34.1. The molecule has 43 heavy (non-hydrogen) atoms. The highest BCUT2D eigenvalue weighted by Gasteiger charge is 2.43. The van der Waals surface area contributed by atoms with Crippen LogP contribution in [0.4, 0.5) is 15.0 Å². The molecule has 10 nitrogen and oxygen atoms in total. The summed E-state index contributed by atoms with van der Waals surface area (Å²) in [4.78, 5) is 48.3. The Morgan fingerprint density at radius 3 is 2.42 bits per heavy atom. The van der Waals surface area contributed by atoms with Crippen molar-refractivity contribution in [3.8, 4) is 0 Å². The van der Waals surface area contributed by atoms with Crippen LogP contribution >= 0.6 is 11.9 Å². The number of pyridine rings is 2. The second-order valence-corrected chi connectivity index (χ2v) is 14.3. The Balaban J connectivity index is 1.61. The Kier molecular flexibility index (Phi) is 10.7. The maximum absolute atomic E-state index is 14.6. The van der Waals surface area contributed by atoms with Gasteiger partial charge >= 0.3 is 12.1 Å². The van der Waals surface area contributed by atoms with Crippen molar-refractivity contribution in [1.29, 1.82) is 0 Å². The van der Waals surface area contributed by atoms with Crippen LogP contribution in [0.2, 0.25) is 0 Å². The van der Waals surface area contributed by atoms with Crippen molar-refractivity contribution in [1.82, 2.24) is 19.6 Å². The Bertz CT molecular complexity index is 1320. The number of esters is 1. The number of ether oxygens (including phenoxy) is 2. The van der Waals surface area contributed by atoms with Crippen molar-refractivity contribution in [3.63, 3.8) is 0 Å². The molecule has 1 saturated heterocycles. The first-order chi connectivity index (χ1) is 19.9. The molecule has 1 fully saturated rings. The summed E-state index contributed by atoms with van der Waals surface area (Å²) in [5, 5.41) is 3.58. The fraction of sp³-hybridized carbons (Fsp3) is 0.581. The van der Waals surface area contributed by atoms with Gasteiger partial charge in [-0.25, -0.2) is 19.6 Å². The van der Waals surface area contributed by atoms with Crippen LogP contribution in [0.25, 0.3) is 0 Å². The quantitative estimate of drug-likeness (QED) is 0.195. The number of halogens is 1. The van der Waals surface area contributed by atoms with Gasteiger partial charge in [-0.2, -0.15) is 4.39 Å². The average Bonchev–Trinajstić information content (AvgIpc) is 3.22. The molecule has 0 radical (unpaired) electrons. The van der Waals surface area contributed by atoms with Gasteiger partial charge in [-0.15, -0.1) is 0 Å². The van der Waals surface area contributed by atoms with Crippen LogP contribution in [0.1, 0.15) is 90.7 Å². The molecule has 236 valence electrons. The fourth-order valence-electron chi connectivity index (χ4n) is 4.92. The number of nitrogens with zero attached hydrogens (tertiary/aromatic N) is 3. The van der Waals surface area contributed by atoms with E-state index in [1.165, 1.54) is 13.2 Å². The van der Waals surface area contributed by atoms with E-state index in [-0.39, 0.29) is 28.5 Å². The number of carbonyl (C=O) groups is 3. The van der Waals surface area contributed by atoms with Gasteiger partial charge in [0.1, 0.15) is 22.5 Å². The standard InChI is InChI=1S/C31H44FN5O5S/c1-29(2,3)22-16-14-20(25(32)34-22)26(38)36-43-24-12-10-11-23(35-24)33-21(27(39)41-9)15-13-19-17-31(7,8)37(18-19)28(40)42-30(4,5)6/h10-12,14,16,19,21H,13,15,17-18H2,1-9H3,(H,33,35)(H,36,38). The SMILES string of the molecule is COC(=O)C(CCC1CN(C(=O)OC(C)(C)C)C(C)(C)C1)Nc1cccc(SNC(=O)c2ccc(C(C)(C)C)nc2F)n1. The van der Waals surface area contributed by atoms with Crippen molar-refractivity contribution in [3.05, 3.63) is 47.5 Å². The van der Waals surface area contributed by atoms with Gasteiger partial charge in [0.15, 0.2) is 0 Å². The van der Waals surface area contributed by atoms with Gasteiger partial charge in [0.25, 0.3) is 5.91 Å². The van der Waals surface area contributed by atoms with E-state index in [1.807, 2.05) is 55.4 Å². The highest BCUT2D eigenvalue weighted by molar-refractivity contribution is 7.97. The number of methoxy groups -OCH3 is 1. The van der Waals surface area contributed by atoms with Gasteiger partial charge in [-0.05, 0) is 84.1 Å². The lowest BCUT2D eigenvalue weighted by molar-refractivity contribution is -0.141. The summed E-state index contributed by atoms with van der Waals surface area (Å²) in [6.07, 6.45) is 1.57. The molecule has 0 spiro atoms. The third kappa shape index (κ3) is 9.54. The van der Waals surface area contributed by atoms with E-state index in [9.17, 15) is 18.8 Å². The van der Waals surface area contributed by atoms with Gasteiger partial charge in [0, 0.05) is 35.1 Å². The summed E-state index contributed by atoms with van der Waals surface area (Å²) in [7, 11) is 1.33. The van der Waals surface area contributed by atoms with E-state index in [2.05, 4.69) is 20.0 Å². The molecule has 2 N–H and O–H groups in total. The van der Waals surface area contributed by atoms with Crippen molar-refractivity contribution >= 4 is 35.7 Å². The van der Waals surface area contributed by atoms with Crippen LogP contribution in [0.5, 0.6) is 0 Å². The lowest BCUT2D eigenvalue weighted by atomic mass is 9.91. The highest BCUT2D eigenvalue weighted by atomic mass is 32.2. The number of rotatable bonds is 9. The summed E-state index contributed by atoms with van der Waals surface area (Å²) in [6.45, 7) is 15.8. The number of amides is 2. The molecule has 2 aromatic rings. The first-order valence-corrected chi connectivity index (χ1v) is 15.2. The second-order valence-electron chi connectivity index (χ2n) is 13.5. The molecular weight excluding hydrogens is 573 g/mol. The largest absolute Gasteiger partial charge is 0.467 e. The Morgan fingerprint density at radius 2 is 1.81 bits per heavy atom. The Hall–Kier alpha value is -3.41. The zero-order valence-corrected chi connectivity index (χ0v) is 27.4. The van der Waals surface area contributed by atoms with E-state index < -0.39 is 29.5 Å². The minimum atomic E-state index is -0.838. The summed E-state index contributed by atoms with van der Waals surface area (Å²) in [5.74, 6) is -1.32. The van der Waals surface area contributed by atoms with Gasteiger partial charge in [0.2, 0.25) is 5.95 Å². The minimum absolute atomic E-state index is 0.166. The van der Waals surface area contributed by atoms with Crippen LogP contribution in [0.15, 0.2) is 35.4 Å². The first-order valence-electron chi connectivity index (χ1n) is 14.4. The molecule has 1 aliphatic heterocycles. The molecule has 2 amide bonds. The zero-order valence-electron chi connectivity index (χ0n) is 26.5. The smallest absolute Gasteiger partial charge is 0.410 e. The van der Waals surface area contributed by atoms with E-state index in [1.54, 1.807) is 29.2 Å². The summed E-state index contributed by atoms with van der Waals surface area (Å²) in [5.41, 5.74) is -0.920. The van der Waals surface area contributed by atoms with Gasteiger partial charge in [0.05, 0.1) is 12.7 Å². The maximum atomic E-state index is 14.6. The molecule has 0 bridgehead atoms. The van der Waals surface area contributed by atoms with E-state index >= 15 is 0 Å².